The first-order chi connectivity index (χ1) is 7.22. The van der Waals surface area contributed by atoms with Gasteiger partial charge in [-0.1, -0.05) is 6.92 Å². The van der Waals surface area contributed by atoms with E-state index in [2.05, 4.69) is 31.1 Å². The second-order valence-corrected chi connectivity index (χ2v) is 4.23. The highest BCUT2D eigenvalue weighted by atomic mass is 16.6. The number of nitrogens with zero attached hydrogens (tertiary/aromatic N) is 1. The zero-order valence-corrected chi connectivity index (χ0v) is 10.2. The van der Waals surface area contributed by atoms with E-state index >= 15 is 0 Å². The molecule has 4 heteroatoms. The number of rotatable bonds is 6. The van der Waals surface area contributed by atoms with E-state index in [-0.39, 0.29) is 6.10 Å². The van der Waals surface area contributed by atoms with E-state index in [1.165, 1.54) is 0 Å². The summed E-state index contributed by atoms with van der Waals surface area (Å²) in [4.78, 5) is 2.30. The summed E-state index contributed by atoms with van der Waals surface area (Å²) in [7, 11) is 2.14. The van der Waals surface area contributed by atoms with Gasteiger partial charge in [0, 0.05) is 19.1 Å². The molecular formula is C11H24N2O2. The molecule has 0 aliphatic carbocycles. The molecule has 2 atom stereocenters. The number of hydrogen-bond acceptors (Lipinski definition) is 4. The van der Waals surface area contributed by atoms with Crippen LogP contribution in [0.25, 0.3) is 0 Å². The SMILES string of the molecule is CCN(C)CC(C)NCC1COCCO1. The lowest BCUT2D eigenvalue weighted by atomic mass is 10.2. The average Bonchev–Trinajstić information content (AvgIpc) is 2.27. The van der Waals surface area contributed by atoms with Gasteiger partial charge in [0.25, 0.3) is 0 Å². The van der Waals surface area contributed by atoms with Crippen LogP contribution in [0.5, 0.6) is 0 Å². The van der Waals surface area contributed by atoms with Crippen LogP contribution in [0.1, 0.15) is 13.8 Å². The topological polar surface area (TPSA) is 33.7 Å². The summed E-state index contributed by atoms with van der Waals surface area (Å²) < 4.78 is 10.9. The molecular weight excluding hydrogens is 192 g/mol. The first-order valence-corrected chi connectivity index (χ1v) is 5.83. The van der Waals surface area contributed by atoms with E-state index in [4.69, 9.17) is 9.47 Å². The van der Waals surface area contributed by atoms with Crippen LogP contribution in [0.15, 0.2) is 0 Å². The maximum atomic E-state index is 5.56. The molecule has 1 fully saturated rings. The summed E-state index contributed by atoms with van der Waals surface area (Å²) in [5.41, 5.74) is 0. The van der Waals surface area contributed by atoms with E-state index in [1.807, 2.05) is 0 Å². The number of ether oxygens (including phenoxy) is 2. The van der Waals surface area contributed by atoms with Crippen molar-refractivity contribution >= 4 is 0 Å². The Morgan fingerprint density at radius 3 is 2.87 bits per heavy atom. The fourth-order valence-electron chi connectivity index (χ4n) is 1.65. The third-order valence-electron chi connectivity index (χ3n) is 2.70. The Hall–Kier alpha value is -0.160. The van der Waals surface area contributed by atoms with Crippen molar-refractivity contribution in [3.8, 4) is 0 Å². The van der Waals surface area contributed by atoms with E-state index in [0.717, 1.165) is 39.5 Å². The predicted octanol–water partition coefficient (Wildman–Crippen LogP) is 0.332. The predicted molar refractivity (Wildman–Crippen MR) is 61.2 cm³/mol. The van der Waals surface area contributed by atoms with Crippen LogP contribution in [-0.4, -0.2) is 63.5 Å². The lowest BCUT2D eigenvalue weighted by Gasteiger charge is -2.26. The monoisotopic (exact) mass is 216 g/mol. The Morgan fingerprint density at radius 1 is 1.47 bits per heavy atom. The van der Waals surface area contributed by atoms with Crippen LogP contribution in [0.2, 0.25) is 0 Å². The maximum Gasteiger partial charge on any atom is 0.0933 e. The molecule has 0 amide bonds. The van der Waals surface area contributed by atoms with Gasteiger partial charge >= 0.3 is 0 Å². The minimum atomic E-state index is 0.230. The zero-order chi connectivity index (χ0) is 11.1. The first-order valence-electron chi connectivity index (χ1n) is 5.83. The third kappa shape index (κ3) is 5.47. The largest absolute Gasteiger partial charge is 0.376 e. The van der Waals surface area contributed by atoms with Gasteiger partial charge in [-0.2, -0.15) is 0 Å². The second-order valence-electron chi connectivity index (χ2n) is 4.23. The van der Waals surface area contributed by atoms with Crippen molar-refractivity contribution in [2.45, 2.75) is 26.0 Å². The maximum absolute atomic E-state index is 5.56. The number of likely N-dealkylation sites (N-methyl/N-ethyl adjacent to an activating group) is 1. The highest BCUT2D eigenvalue weighted by Crippen LogP contribution is 1.99. The summed E-state index contributed by atoms with van der Waals surface area (Å²) in [5.74, 6) is 0. The molecule has 1 N–H and O–H groups in total. The number of hydrogen-bond donors (Lipinski definition) is 1. The van der Waals surface area contributed by atoms with Crippen LogP contribution in [0.3, 0.4) is 0 Å². The molecule has 15 heavy (non-hydrogen) atoms. The van der Waals surface area contributed by atoms with Crippen molar-refractivity contribution in [2.75, 3.05) is 46.5 Å². The van der Waals surface area contributed by atoms with Crippen molar-refractivity contribution in [3.05, 3.63) is 0 Å². The van der Waals surface area contributed by atoms with E-state index < -0.39 is 0 Å². The fraction of sp³-hybridized carbons (Fsp3) is 1.00. The van der Waals surface area contributed by atoms with Gasteiger partial charge < -0.3 is 19.7 Å². The molecule has 0 bridgehead atoms. The highest BCUT2D eigenvalue weighted by Gasteiger charge is 2.15. The van der Waals surface area contributed by atoms with Crippen molar-refractivity contribution in [2.24, 2.45) is 0 Å². The summed E-state index contributed by atoms with van der Waals surface area (Å²) in [6, 6.07) is 0.500. The van der Waals surface area contributed by atoms with E-state index in [0.29, 0.717) is 6.04 Å². The molecule has 2 unspecified atom stereocenters. The molecule has 0 aromatic carbocycles. The van der Waals surface area contributed by atoms with Gasteiger partial charge in [0.05, 0.1) is 25.9 Å². The quantitative estimate of drug-likeness (QED) is 0.694. The zero-order valence-electron chi connectivity index (χ0n) is 10.2. The lowest BCUT2D eigenvalue weighted by Crippen LogP contribution is -2.44. The second kappa shape index (κ2) is 7.17. The van der Waals surface area contributed by atoms with Gasteiger partial charge in [-0.15, -0.1) is 0 Å². The Balaban J connectivity index is 2.07. The minimum absolute atomic E-state index is 0.230. The Labute approximate surface area is 92.9 Å². The standard InChI is InChI=1S/C11H24N2O2/c1-4-13(3)8-10(2)12-7-11-9-14-5-6-15-11/h10-12H,4-9H2,1-3H3. The molecule has 1 heterocycles. The summed E-state index contributed by atoms with van der Waals surface area (Å²) >= 11 is 0. The normalized spacial score (nSPS) is 24.4. The minimum Gasteiger partial charge on any atom is -0.376 e. The van der Waals surface area contributed by atoms with Crippen LogP contribution in [0, 0.1) is 0 Å². The first kappa shape index (κ1) is 12.9. The van der Waals surface area contributed by atoms with Gasteiger partial charge in [-0.05, 0) is 20.5 Å². The highest BCUT2D eigenvalue weighted by molar-refractivity contribution is 4.70. The molecule has 0 saturated carbocycles. The van der Waals surface area contributed by atoms with Crippen molar-refractivity contribution in [1.29, 1.82) is 0 Å². The molecule has 4 nitrogen and oxygen atoms in total. The average molecular weight is 216 g/mol. The molecule has 0 aromatic rings. The van der Waals surface area contributed by atoms with Crippen LogP contribution < -0.4 is 5.32 Å². The van der Waals surface area contributed by atoms with Gasteiger partial charge in [-0.3, -0.25) is 0 Å². The lowest BCUT2D eigenvalue weighted by molar-refractivity contribution is -0.0870. The van der Waals surface area contributed by atoms with Gasteiger partial charge in [0.1, 0.15) is 0 Å². The van der Waals surface area contributed by atoms with Crippen molar-refractivity contribution in [3.63, 3.8) is 0 Å². The van der Waals surface area contributed by atoms with Crippen LogP contribution >= 0.6 is 0 Å². The fourth-order valence-corrected chi connectivity index (χ4v) is 1.65. The Morgan fingerprint density at radius 2 is 2.27 bits per heavy atom. The number of nitrogens with one attached hydrogen (secondary N) is 1. The van der Waals surface area contributed by atoms with Gasteiger partial charge in [0.15, 0.2) is 0 Å². The van der Waals surface area contributed by atoms with Gasteiger partial charge in [-0.25, -0.2) is 0 Å². The van der Waals surface area contributed by atoms with Crippen LogP contribution in [-0.2, 0) is 9.47 Å². The summed E-state index contributed by atoms with van der Waals surface area (Å²) in [5, 5.41) is 3.47. The van der Waals surface area contributed by atoms with E-state index in [9.17, 15) is 0 Å². The molecule has 1 saturated heterocycles. The molecule has 0 spiro atoms. The molecule has 0 aromatic heterocycles. The molecule has 0 radical (unpaired) electrons. The third-order valence-corrected chi connectivity index (χ3v) is 2.70. The van der Waals surface area contributed by atoms with Crippen LogP contribution in [0.4, 0.5) is 0 Å². The molecule has 1 aliphatic rings. The van der Waals surface area contributed by atoms with Gasteiger partial charge in [0.2, 0.25) is 0 Å². The van der Waals surface area contributed by atoms with Crippen molar-refractivity contribution in [1.82, 2.24) is 10.2 Å². The summed E-state index contributed by atoms with van der Waals surface area (Å²) in [6.45, 7) is 9.63. The van der Waals surface area contributed by atoms with Crippen molar-refractivity contribution < 1.29 is 9.47 Å². The molecule has 1 rings (SSSR count). The molecule has 90 valence electrons. The Kier molecular flexibility index (Phi) is 6.17. The smallest absolute Gasteiger partial charge is 0.0933 e. The summed E-state index contributed by atoms with van der Waals surface area (Å²) in [6.07, 6.45) is 0.230. The van der Waals surface area contributed by atoms with E-state index in [1.54, 1.807) is 0 Å². The Bertz CT molecular complexity index is 161. The molecule has 1 aliphatic heterocycles.